The van der Waals surface area contributed by atoms with Gasteiger partial charge in [0.25, 0.3) is 0 Å². The second-order valence-corrected chi connectivity index (χ2v) is 3.49. The number of hydrogen-bond donors (Lipinski definition) is 2. The van der Waals surface area contributed by atoms with Crippen LogP contribution in [0.3, 0.4) is 0 Å². The first-order valence-electron chi connectivity index (χ1n) is 4.50. The molecule has 2 rings (SSSR count). The highest BCUT2D eigenvalue weighted by Gasteiger charge is 2.34. The molecule has 0 bridgehead atoms. The van der Waals surface area contributed by atoms with E-state index < -0.39 is 5.60 Å². The van der Waals surface area contributed by atoms with Crippen LogP contribution in [-0.2, 0) is 12.6 Å². The van der Waals surface area contributed by atoms with Gasteiger partial charge in [-0.25, -0.2) is 4.98 Å². The highest BCUT2D eigenvalue weighted by molar-refractivity contribution is 5.85. The normalized spacial score (nSPS) is 18.8. The van der Waals surface area contributed by atoms with Gasteiger partial charge in [-0.05, 0) is 25.9 Å². The van der Waals surface area contributed by atoms with E-state index in [2.05, 4.69) is 15.4 Å². The standard InChI is InChI=1S/C8H14N4O.2ClH/c1-12-7(10-6-11-12)8(13)2-4-9-5-3-8;;/h6,9,13H,2-5H2,1H3;2*1H. The first kappa shape index (κ1) is 14.6. The lowest BCUT2D eigenvalue weighted by Crippen LogP contribution is -2.41. The van der Waals surface area contributed by atoms with Crippen molar-refractivity contribution < 1.29 is 5.11 Å². The Morgan fingerprint density at radius 3 is 2.47 bits per heavy atom. The van der Waals surface area contributed by atoms with Crippen LogP contribution in [-0.4, -0.2) is 33.0 Å². The molecule has 15 heavy (non-hydrogen) atoms. The lowest BCUT2D eigenvalue weighted by molar-refractivity contribution is -0.00562. The monoisotopic (exact) mass is 254 g/mol. The van der Waals surface area contributed by atoms with Gasteiger partial charge >= 0.3 is 0 Å². The smallest absolute Gasteiger partial charge is 0.158 e. The topological polar surface area (TPSA) is 63.0 Å². The number of nitrogens with zero attached hydrogens (tertiary/aromatic N) is 3. The van der Waals surface area contributed by atoms with Crippen molar-refractivity contribution in [3.05, 3.63) is 12.2 Å². The van der Waals surface area contributed by atoms with E-state index >= 15 is 0 Å². The summed E-state index contributed by atoms with van der Waals surface area (Å²) >= 11 is 0. The van der Waals surface area contributed by atoms with E-state index in [4.69, 9.17) is 0 Å². The lowest BCUT2D eigenvalue weighted by atomic mass is 9.92. The Bertz CT molecular complexity index is 299. The van der Waals surface area contributed by atoms with Crippen molar-refractivity contribution in [2.45, 2.75) is 18.4 Å². The fourth-order valence-electron chi connectivity index (χ4n) is 1.78. The van der Waals surface area contributed by atoms with Crippen LogP contribution < -0.4 is 5.32 Å². The van der Waals surface area contributed by atoms with E-state index in [1.165, 1.54) is 6.33 Å². The second-order valence-electron chi connectivity index (χ2n) is 3.49. The zero-order valence-corrected chi connectivity index (χ0v) is 10.1. The van der Waals surface area contributed by atoms with Crippen LogP contribution in [0.2, 0.25) is 0 Å². The molecule has 1 aromatic heterocycles. The van der Waals surface area contributed by atoms with E-state index in [0.29, 0.717) is 18.7 Å². The van der Waals surface area contributed by atoms with Crippen molar-refractivity contribution >= 4 is 24.8 Å². The number of piperidine rings is 1. The van der Waals surface area contributed by atoms with Crippen LogP contribution in [0, 0.1) is 0 Å². The quantitative estimate of drug-likeness (QED) is 0.754. The third-order valence-corrected chi connectivity index (χ3v) is 2.56. The summed E-state index contributed by atoms with van der Waals surface area (Å²) in [6.07, 6.45) is 2.90. The average molecular weight is 255 g/mol. The summed E-state index contributed by atoms with van der Waals surface area (Å²) < 4.78 is 1.64. The summed E-state index contributed by atoms with van der Waals surface area (Å²) in [5, 5.41) is 17.4. The molecule has 2 N–H and O–H groups in total. The number of halogens is 2. The fraction of sp³-hybridized carbons (Fsp3) is 0.750. The first-order valence-corrected chi connectivity index (χ1v) is 4.50. The average Bonchev–Trinajstić information content (AvgIpc) is 2.53. The van der Waals surface area contributed by atoms with Crippen LogP contribution in [0.4, 0.5) is 0 Å². The van der Waals surface area contributed by atoms with Crippen molar-refractivity contribution in [3.8, 4) is 0 Å². The lowest BCUT2D eigenvalue weighted by Gasteiger charge is -2.31. The zero-order valence-electron chi connectivity index (χ0n) is 8.51. The molecule has 5 nitrogen and oxygen atoms in total. The van der Waals surface area contributed by atoms with Crippen molar-refractivity contribution in [2.75, 3.05) is 13.1 Å². The minimum absolute atomic E-state index is 0. The largest absolute Gasteiger partial charge is 0.382 e. The zero-order chi connectivity index (χ0) is 9.31. The minimum Gasteiger partial charge on any atom is -0.382 e. The number of aliphatic hydroxyl groups is 1. The Morgan fingerprint density at radius 1 is 1.40 bits per heavy atom. The van der Waals surface area contributed by atoms with E-state index in [1.54, 1.807) is 4.68 Å². The molecular formula is C8H16Cl2N4O. The summed E-state index contributed by atoms with van der Waals surface area (Å²) in [5.74, 6) is 0.675. The third kappa shape index (κ3) is 2.81. The molecule has 1 fully saturated rings. The molecule has 1 aliphatic heterocycles. The predicted molar refractivity (Wildman–Crippen MR) is 61.5 cm³/mol. The van der Waals surface area contributed by atoms with Gasteiger partial charge in [-0.15, -0.1) is 24.8 Å². The molecule has 0 aliphatic carbocycles. The van der Waals surface area contributed by atoms with Gasteiger partial charge in [0.2, 0.25) is 0 Å². The summed E-state index contributed by atoms with van der Waals surface area (Å²) in [4.78, 5) is 4.09. The maximum absolute atomic E-state index is 10.2. The van der Waals surface area contributed by atoms with E-state index in [0.717, 1.165) is 13.1 Å². The number of nitrogens with one attached hydrogen (secondary N) is 1. The minimum atomic E-state index is -0.781. The van der Waals surface area contributed by atoms with E-state index in [9.17, 15) is 5.11 Å². The van der Waals surface area contributed by atoms with Gasteiger partial charge < -0.3 is 10.4 Å². The molecule has 0 spiro atoms. The SMILES string of the molecule is Cl.Cl.Cn1ncnc1C1(O)CCNCC1. The molecular weight excluding hydrogens is 239 g/mol. The number of aryl methyl sites for hydroxylation is 1. The van der Waals surface area contributed by atoms with Gasteiger partial charge in [-0.3, -0.25) is 4.68 Å². The molecule has 0 radical (unpaired) electrons. The number of hydrogen-bond acceptors (Lipinski definition) is 4. The van der Waals surface area contributed by atoms with Crippen LogP contribution >= 0.6 is 24.8 Å². The molecule has 7 heteroatoms. The maximum atomic E-state index is 10.2. The molecule has 0 aromatic carbocycles. The van der Waals surface area contributed by atoms with E-state index in [-0.39, 0.29) is 24.8 Å². The van der Waals surface area contributed by atoms with Crippen LogP contribution in [0.1, 0.15) is 18.7 Å². The molecule has 88 valence electrons. The van der Waals surface area contributed by atoms with Gasteiger partial charge in [0.15, 0.2) is 5.82 Å². The summed E-state index contributed by atoms with van der Waals surface area (Å²) in [7, 11) is 1.81. The summed E-state index contributed by atoms with van der Waals surface area (Å²) in [5.41, 5.74) is -0.781. The van der Waals surface area contributed by atoms with Crippen LogP contribution in [0.25, 0.3) is 0 Å². The van der Waals surface area contributed by atoms with Gasteiger partial charge in [0.1, 0.15) is 11.9 Å². The first-order chi connectivity index (χ1) is 6.22. The molecule has 0 amide bonds. The van der Waals surface area contributed by atoms with E-state index in [1.807, 2.05) is 7.05 Å². The molecule has 1 aromatic rings. The van der Waals surface area contributed by atoms with Crippen molar-refractivity contribution in [3.63, 3.8) is 0 Å². The Hall–Kier alpha value is -0.360. The molecule has 0 saturated carbocycles. The van der Waals surface area contributed by atoms with Gasteiger partial charge in [-0.1, -0.05) is 0 Å². The second kappa shape index (κ2) is 5.65. The molecule has 0 atom stereocenters. The molecule has 2 heterocycles. The number of rotatable bonds is 1. The summed E-state index contributed by atoms with van der Waals surface area (Å²) in [6.45, 7) is 1.67. The van der Waals surface area contributed by atoms with Crippen LogP contribution in [0.5, 0.6) is 0 Å². The van der Waals surface area contributed by atoms with Crippen molar-refractivity contribution in [1.29, 1.82) is 0 Å². The molecule has 0 unspecified atom stereocenters. The Balaban J connectivity index is 0.000000980. The van der Waals surface area contributed by atoms with Crippen molar-refractivity contribution in [2.24, 2.45) is 7.05 Å². The summed E-state index contributed by atoms with van der Waals surface area (Å²) in [6, 6.07) is 0. The molecule has 1 saturated heterocycles. The highest BCUT2D eigenvalue weighted by Crippen LogP contribution is 2.27. The number of aromatic nitrogens is 3. The molecule has 1 aliphatic rings. The Labute approximate surface area is 101 Å². The van der Waals surface area contributed by atoms with Gasteiger partial charge in [-0.2, -0.15) is 5.10 Å². The third-order valence-electron chi connectivity index (χ3n) is 2.56. The van der Waals surface area contributed by atoms with Crippen molar-refractivity contribution in [1.82, 2.24) is 20.1 Å². The Kier molecular flexibility index (Phi) is 5.51. The van der Waals surface area contributed by atoms with Gasteiger partial charge in [0.05, 0.1) is 0 Å². The maximum Gasteiger partial charge on any atom is 0.158 e. The van der Waals surface area contributed by atoms with Gasteiger partial charge in [0, 0.05) is 7.05 Å². The van der Waals surface area contributed by atoms with Crippen LogP contribution in [0.15, 0.2) is 6.33 Å². The highest BCUT2D eigenvalue weighted by atomic mass is 35.5. The Morgan fingerprint density at radius 2 is 2.00 bits per heavy atom. The predicted octanol–water partition coefficient (Wildman–Crippen LogP) is 0.230. The fourth-order valence-corrected chi connectivity index (χ4v) is 1.78.